The molecule has 5 aromatic rings. The van der Waals surface area contributed by atoms with Crippen LogP contribution < -0.4 is 15.5 Å². The van der Waals surface area contributed by atoms with Gasteiger partial charge in [-0.1, -0.05) is 29.3 Å². The van der Waals surface area contributed by atoms with Crippen LogP contribution in [0.1, 0.15) is 18.5 Å². The van der Waals surface area contributed by atoms with Crippen LogP contribution in [0.3, 0.4) is 0 Å². The Labute approximate surface area is 261 Å². The topological polar surface area (TPSA) is 97.2 Å². The third-order valence-electron chi connectivity index (χ3n) is 8.06. The second kappa shape index (κ2) is 12.0. The van der Waals surface area contributed by atoms with Gasteiger partial charge in [0, 0.05) is 49.2 Å². The SMILES string of the molecule is C[C@@H](n1ncn(-c2ccc(N3CCN(c4ccc(Cl)c(Cl)c4)CC3)cc2)c1=O)[C@](O)(Cn1cncn1)c1ccc(F)cc1F. The summed E-state index contributed by atoms with van der Waals surface area (Å²) in [6.07, 6.45) is 3.97. The van der Waals surface area contributed by atoms with Crippen molar-refractivity contribution >= 4 is 34.6 Å². The first-order valence-electron chi connectivity index (χ1n) is 13.9. The molecule has 0 spiro atoms. The van der Waals surface area contributed by atoms with Crippen molar-refractivity contribution in [1.82, 2.24) is 29.1 Å². The first-order chi connectivity index (χ1) is 21.1. The van der Waals surface area contributed by atoms with Gasteiger partial charge in [-0.25, -0.2) is 32.5 Å². The predicted molar refractivity (Wildman–Crippen MR) is 164 cm³/mol. The van der Waals surface area contributed by atoms with Crippen molar-refractivity contribution in [3.05, 3.63) is 117 Å². The molecule has 0 unspecified atom stereocenters. The third kappa shape index (κ3) is 5.68. The molecule has 2 aromatic heterocycles. The summed E-state index contributed by atoms with van der Waals surface area (Å²) in [5.41, 5.74) is -0.176. The minimum absolute atomic E-state index is 0.202. The highest BCUT2D eigenvalue weighted by molar-refractivity contribution is 6.42. The lowest BCUT2D eigenvalue weighted by molar-refractivity contribution is -0.0381. The molecule has 228 valence electrons. The fourth-order valence-corrected chi connectivity index (χ4v) is 5.83. The van der Waals surface area contributed by atoms with Crippen LogP contribution in [0, 0.1) is 11.6 Å². The van der Waals surface area contributed by atoms with E-state index in [0.717, 1.165) is 54.4 Å². The van der Waals surface area contributed by atoms with Gasteiger partial charge < -0.3 is 14.9 Å². The number of benzene rings is 3. The summed E-state index contributed by atoms with van der Waals surface area (Å²) in [7, 11) is 0. The molecule has 2 atom stereocenters. The Balaban J connectivity index is 1.21. The molecule has 1 saturated heterocycles. The Morgan fingerprint density at radius 3 is 2.16 bits per heavy atom. The van der Waals surface area contributed by atoms with Crippen molar-refractivity contribution in [2.75, 3.05) is 36.0 Å². The van der Waals surface area contributed by atoms with Crippen molar-refractivity contribution in [3.63, 3.8) is 0 Å². The largest absolute Gasteiger partial charge is 0.381 e. The average Bonchev–Trinajstić information content (AvgIpc) is 3.67. The van der Waals surface area contributed by atoms with Gasteiger partial charge >= 0.3 is 5.69 Å². The molecule has 3 heterocycles. The molecule has 0 bridgehead atoms. The lowest BCUT2D eigenvalue weighted by Crippen LogP contribution is -2.46. The molecule has 0 amide bonds. The van der Waals surface area contributed by atoms with Gasteiger partial charge in [0.05, 0.1) is 28.3 Å². The predicted octanol–water partition coefficient (Wildman–Crippen LogP) is 4.69. The third-order valence-corrected chi connectivity index (χ3v) is 8.80. The maximum atomic E-state index is 15.0. The zero-order valence-electron chi connectivity index (χ0n) is 23.6. The summed E-state index contributed by atoms with van der Waals surface area (Å²) in [4.78, 5) is 22.0. The fraction of sp³-hybridized carbons (Fsp3) is 0.267. The van der Waals surface area contributed by atoms with Gasteiger partial charge in [0.25, 0.3) is 0 Å². The number of halogens is 4. The quantitative estimate of drug-likeness (QED) is 0.263. The molecule has 1 aliphatic rings. The molecule has 1 N–H and O–H groups in total. The van der Waals surface area contributed by atoms with Crippen molar-refractivity contribution in [2.24, 2.45) is 0 Å². The van der Waals surface area contributed by atoms with Crippen LogP contribution in [-0.2, 0) is 12.1 Å². The highest BCUT2D eigenvalue weighted by atomic mass is 35.5. The van der Waals surface area contributed by atoms with Crippen molar-refractivity contribution in [1.29, 1.82) is 0 Å². The Morgan fingerprint density at radius 1 is 0.864 bits per heavy atom. The lowest BCUT2D eigenvalue weighted by atomic mass is 9.86. The van der Waals surface area contributed by atoms with Crippen LogP contribution in [0.2, 0.25) is 10.0 Å². The van der Waals surface area contributed by atoms with Gasteiger partial charge in [0.15, 0.2) is 0 Å². The van der Waals surface area contributed by atoms with E-state index in [1.165, 1.54) is 28.2 Å². The van der Waals surface area contributed by atoms with Crippen molar-refractivity contribution < 1.29 is 13.9 Å². The van der Waals surface area contributed by atoms with Gasteiger partial charge in [-0.3, -0.25) is 0 Å². The molecule has 3 aromatic carbocycles. The van der Waals surface area contributed by atoms with E-state index in [1.54, 1.807) is 13.0 Å². The van der Waals surface area contributed by atoms with E-state index in [4.69, 9.17) is 23.2 Å². The number of hydrogen-bond acceptors (Lipinski definition) is 7. The normalized spacial score (nSPS) is 15.8. The maximum Gasteiger partial charge on any atom is 0.350 e. The lowest BCUT2D eigenvalue weighted by Gasteiger charge is -2.37. The molecule has 10 nitrogen and oxygen atoms in total. The van der Waals surface area contributed by atoms with Gasteiger partial charge in [-0.15, -0.1) is 0 Å². The number of aliphatic hydroxyl groups is 1. The van der Waals surface area contributed by atoms with Crippen LogP contribution in [0.4, 0.5) is 20.2 Å². The molecule has 6 rings (SSSR count). The summed E-state index contributed by atoms with van der Waals surface area (Å²) in [5.74, 6) is -1.75. The zero-order chi connectivity index (χ0) is 31.0. The van der Waals surface area contributed by atoms with Crippen LogP contribution >= 0.6 is 23.2 Å². The van der Waals surface area contributed by atoms with Crippen LogP contribution in [0.15, 0.2) is 84.4 Å². The van der Waals surface area contributed by atoms with Gasteiger partial charge in [0.1, 0.15) is 36.2 Å². The van der Waals surface area contributed by atoms with E-state index >= 15 is 0 Å². The Kier molecular flexibility index (Phi) is 8.14. The first kappa shape index (κ1) is 29.8. The molecule has 0 saturated carbocycles. The number of nitrogens with zero attached hydrogens (tertiary/aromatic N) is 8. The highest BCUT2D eigenvalue weighted by Crippen LogP contribution is 2.36. The summed E-state index contributed by atoms with van der Waals surface area (Å²) in [6.45, 7) is 4.47. The summed E-state index contributed by atoms with van der Waals surface area (Å²) in [5, 5.41) is 21.2. The number of anilines is 2. The fourth-order valence-electron chi connectivity index (χ4n) is 5.53. The van der Waals surface area contributed by atoms with E-state index in [-0.39, 0.29) is 12.1 Å². The summed E-state index contributed by atoms with van der Waals surface area (Å²) < 4.78 is 32.4. The van der Waals surface area contributed by atoms with Crippen molar-refractivity contribution in [3.8, 4) is 5.69 Å². The molecule has 1 aliphatic heterocycles. The van der Waals surface area contributed by atoms with Gasteiger partial charge in [-0.05, 0) is 55.5 Å². The zero-order valence-corrected chi connectivity index (χ0v) is 25.1. The monoisotopic (exact) mass is 640 g/mol. The Hall–Kier alpha value is -4.26. The van der Waals surface area contributed by atoms with Crippen LogP contribution in [0.25, 0.3) is 5.69 Å². The summed E-state index contributed by atoms with van der Waals surface area (Å²) >= 11 is 12.3. The number of aromatic nitrogens is 6. The first-order valence-corrected chi connectivity index (χ1v) is 14.6. The smallest absolute Gasteiger partial charge is 0.350 e. The van der Waals surface area contributed by atoms with E-state index in [0.29, 0.717) is 21.8 Å². The molecule has 1 fully saturated rings. The number of hydrogen-bond donors (Lipinski definition) is 1. The van der Waals surface area contributed by atoms with Crippen LogP contribution in [-0.4, -0.2) is 60.4 Å². The molecule has 0 radical (unpaired) electrons. The van der Waals surface area contributed by atoms with E-state index in [1.807, 2.05) is 36.4 Å². The average molecular weight is 642 g/mol. The number of rotatable bonds is 8. The van der Waals surface area contributed by atoms with Crippen LogP contribution in [0.5, 0.6) is 0 Å². The van der Waals surface area contributed by atoms with E-state index in [9.17, 15) is 18.7 Å². The van der Waals surface area contributed by atoms with E-state index < -0.39 is 29.0 Å². The standard InChI is InChI=1S/C30H28Cl2F2N8O2/c1-20(30(44,16-40-18-35-17-36-40)25-8-2-21(33)14-28(25)34)42-29(43)41(19-37-42)23-5-3-22(4-6-23)38-10-12-39(13-11-38)24-7-9-26(31)27(32)15-24/h2-9,14-15,17-20,44H,10-13,16H2,1H3/t20-,30-/m1/s1. The van der Waals surface area contributed by atoms with Crippen molar-refractivity contribution in [2.45, 2.75) is 25.1 Å². The molecule has 44 heavy (non-hydrogen) atoms. The second-order valence-corrected chi connectivity index (χ2v) is 11.4. The molecule has 0 aliphatic carbocycles. The molecular weight excluding hydrogens is 613 g/mol. The highest BCUT2D eigenvalue weighted by Gasteiger charge is 2.42. The minimum atomic E-state index is -2.03. The van der Waals surface area contributed by atoms with E-state index in [2.05, 4.69) is 25.0 Å². The molecule has 14 heteroatoms. The summed E-state index contributed by atoms with van der Waals surface area (Å²) in [6, 6.07) is 15.0. The van der Waals surface area contributed by atoms with Gasteiger partial charge in [-0.2, -0.15) is 10.2 Å². The Bertz CT molecular complexity index is 1820. The number of piperazine rings is 1. The minimum Gasteiger partial charge on any atom is -0.381 e. The molecular formula is C30H28Cl2F2N8O2. The second-order valence-electron chi connectivity index (χ2n) is 10.6. The van der Waals surface area contributed by atoms with Gasteiger partial charge in [0.2, 0.25) is 0 Å². The maximum absolute atomic E-state index is 15.0. The Morgan fingerprint density at radius 2 is 1.52 bits per heavy atom.